The SMILES string of the molecule is O=C(O)CN1C(=O)c2ccccc2C1c1ccccc1. The minimum Gasteiger partial charge on any atom is -0.480 e. The molecule has 0 saturated carbocycles. The van der Waals surface area contributed by atoms with Crippen molar-refractivity contribution >= 4 is 11.9 Å². The maximum absolute atomic E-state index is 12.4. The van der Waals surface area contributed by atoms with E-state index in [0.717, 1.165) is 11.1 Å². The molecule has 1 aliphatic heterocycles. The largest absolute Gasteiger partial charge is 0.480 e. The quantitative estimate of drug-likeness (QED) is 0.928. The normalized spacial score (nSPS) is 17.1. The van der Waals surface area contributed by atoms with Gasteiger partial charge in [-0.1, -0.05) is 48.5 Å². The fourth-order valence-electron chi connectivity index (χ4n) is 2.67. The van der Waals surface area contributed by atoms with Gasteiger partial charge < -0.3 is 10.0 Å². The third-order valence-electron chi connectivity index (χ3n) is 3.48. The Morgan fingerprint density at radius 3 is 2.40 bits per heavy atom. The summed E-state index contributed by atoms with van der Waals surface area (Å²) < 4.78 is 0. The summed E-state index contributed by atoms with van der Waals surface area (Å²) in [5.41, 5.74) is 2.37. The summed E-state index contributed by atoms with van der Waals surface area (Å²) in [6.45, 7) is -0.299. The first-order valence-corrected chi connectivity index (χ1v) is 6.35. The van der Waals surface area contributed by atoms with E-state index in [2.05, 4.69) is 0 Å². The highest BCUT2D eigenvalue weighted by Crippen LogP contribution is 2.37. The molecule has 0 aliphatic carbocycles. The highest BCUT2D eigenvalue weighted by atomic mass is 16.4. The van der Waals surface area contributed by atoms with Crippen LogP contribution in [-0.2, 0) is 4.79 Å². The van der Waals surface area contributed by atoms with Gasteiger partial charge in [-0.25, -0.2) is 0 Å². The zero-order valence-electron chi connectivity index (χ0n) is 10.7. The molecule has 0 aromatic heterocycles. The van der Waals surface area contributed by atoms with Gasteiger partial charge in [0.1, 0.15) is 6.54 Å². The summed E-state index contributed by atoms with van der Waals surface area (Å²) in [6, 6.07) is 16.5. The van der Waals surface area contributed by atoms with Crippen LogP contribution in [0.15, 0.2) is 54.6 Å². The van der Waals surface area contributed by atoms with E-state index < -0.39 is 5.97 Å². The number of amides is 1. The van der Waals surface area contributed by atoms with Gasteiger partial charge in [0, 0.05) is 5.56 Å². The fourth-order valence-corrected chi connectivity index (χ4v) is 2.67. The van der Waals surface area contributed by atoms with Crippen LogP contribution < -0.4 is 0 Å². The predicted molar refractivity (Wildman–Crippen MR) is 73.4 cm³/mol. The van der Waals surface area contributed by atoms with E-state index in [4.69, 9.17) is 5.11 Å². The molecule has 2 aromatic rings. The molecule has 1 amide bonds. The van der Waals surface area contributed by atoms with Gasteiger partial charge in [-0.05, 0) is 17.2 Å². The molecule has 4 nitrogen and oxygen atoms in total. The van der Waals surface area contributed by atoms with Crippen LogP contribution in [0.3, 0.4) is 0 Å². The van der Waals surface area contributed by atoms with Crippen LogP contribution in [0, 0.1) is 0 Å². The van der Waals surface area contributed by atoms with Crippen molar-refractivity contribution in [2.75, 3.05) is 6.54 Å². The monoisotopic (exact) mass is 267 g/mol. The predicted octanol–water partition coefficient (Wildman–Crippen LogP) is 2.32. The van der Waals surface area contributed by atoms with Gasteiger partial charge in [0.15, 0.2) is 0 Å². The van der Waals surface area contributed by atoms with Crippen LogP contribution in [0.1, 0.15) is 27.5 Å². The summed E-state index contributed by atoms with van der Waals surface area (Å²) in [7, 11) is 0. The number of aliphatic carboxylic acids is 1. The summed E-state index contributed by atoms with van der Waals surface area (Å²) in [6.07, 6.45) is 0. The molecular weight excluding hydrogens is 254 g/mol. The average molecular weight is 267 g/mol. The van der Waals surface area contributed by atoms with E-state index >= 15 is 0 Å². The molecule has 1 N–H and O–H groups in total. The lowest BCUT2D eigenvalue weighted by Crippen LogP contribution is -2.33. The molecule has 100 valence electrons. The summed E-state index contributed by atoms with van der Waals surface area (Å²) in [5.74, 6) is -1.23. The molecule has 1 aliphatic rings. The van der Waals surface area contributed by atoms with E-state index in [0.29, 0.717) is 5.56 Å². The lowest BCUT2D eigenvalue weighted by Gasteiger charge is -2.24. The lowest BCUT2D eigenvalue weighted by atomic mass is 9.98. The first-order valence-electron chi connectivity index (χ1n) is 6.35. The van der Waals surface area contributed by atoms with E-state index in [1.807, 2.05) is 42.5 Å². The molecule has 0 fully saturated rings. The second kappa shape index (κ2) is 4.81. The van der Waals surface area contributed by atoms with E-state index in [9.17, 15) is 9.59 Å². The van der Waals surface area contributed by atoms with Crippen molar-refractivity contribution in [1.82, 2.24) is 4.90 Å². The van der Waals surface area contributed by atoms with Crippen molar-refractivity contribution in [3.05, 3.63) is 71.3 Å². The first kappa shape index (κ1) is 12.4. The zero-order chi connectivity index (χ0) is 14.1. The third kappa shape index (κ3) is 1.95. The number of hydrogen-bond donors (Lipinski definition) is 1. The Morgan fingerprint density at radius 1 is 1.05 bits per heavy atom. The van der Waals surface area contributed by atoms with Crippen LogP contribution >= 0.6 is 0 Å². The number of carbonyl (C=O) groups excluding carboxylic acids is 1. The number of rotatable bonds is 3. The Labute approximate surface area is 116 Å². The van der Waals surface area contributed by atoms with Crippen LogP contribution in [-0.4, -0.2) is 28.4 Å². The highest BCUT2D eigenvalue weighted by molar-refractivity contribution is 6.01. The minimum atomic E-state index is -1.01. The van der Waals surface area contributed by atoms with Gasteiger partial charge in [-0.15, -0.1) is 0 Å². The Bertz CT molecular complexity index is 666. The smallest absolute Gasteiger partial charge is 0.323 e. The second-order valence-electron chi connectivity index (χ2n) is 4.73. The molecule has 20 heavy (non-hydrogen) atoms. The van der Waals surface area contributed by atoms with Crippen molar-refractivity contribution in [2.45, 2.75) is 6.04 Å². The highest BCUT2D eigenvalue weighted by Gasteiger charge is 2.38. The van der Waals surface area contributed by atoms with Crippen LogP contribution in [0.5, 0.6) is 0 Å². The molecule has 2 aromatic carbocycles. The number of carboxylic acids is 1. The fraction of sp³-hybridized carbons (Fsp3) is 0.125. The van der Waals surface area contributed by atoms with E-state index in [1.54, 1.807) is 12.1 Å². The third-order valence-corrected chi connectivity index (χ3v) is 3.48. The first-order chi connectivity index (χ1) is 9.68. The maximum Gasteiger partial charge on any atom is 0.323 e. The van der Waals surface area contributed by atoms with E-state index in [1.165, 1.54) is 4.90 Å². The van der Waals surface area contributed by atoms with E-state index in [-0.39, 0.29) is 18.5 Å². The van der Waals surface area contributed by atoms with Crippen molar-refractivity contribution in [3.8, 4) is 0 Å². The number of nitrogens with zero attached hydrogens (tertiary/aromatic N) is 1. The van der Waals surface area contributed by atoms with Gasteiger partial charge >= 0.3 is 5.97 Å². The maximum atomic E-state index is 12.4. The second-order valence-corrected chi connectivity index (χ2v) is 4.73. The molecule has 4 heteroatoms. The molecule has 0 spiro atoms. The van der Waals surface area contributed by atoms with Gasteiger partial charge in [0.2, 0.25) is 0 Å². The topological polar surface area (TPSA) is 57.6 Å². The number of benzene rings is 2. The molecule has 0 saturated heterocycles. The van der Waals surface area contributed by atoms with Crippen LogP contribution in [0.25, 0.3) is 0 Å². The number of fused-ring (bicyclic) bond motifs is 1. The van der Waals surface area contributed by atoms with Crippen molar-refractivity contribution in [3.63, 3.8) is 0 Å². The van der Waals surface area contributed by atoms with Gasteiger partial charge in [-0.3, -0.25) is 9.59 Å². The Balaban J connectivity index is 2.12. The number of carbonyl (C=O) groups is 2. The molecule has 0 bridgehead atoms. The molecule has 0 radical (unpaired) electrons. The minimum absolute atomic E-state index is 0.225. The summed E-state index contributed by atoms with van der Waals surface area (Å²) >= 11 is 0. The summed E-state index contributed by atoms with van der Waals surface area (Å²) in [5, 5.41) is 9.04. The van der Waals surface area contributed by atoms with Crippen molar-refractivity contribution < 1.29 is 14.7 Å². The van der Waals surface area contributed by atoms with Crippen LogP contribution in [0.2, 0.25) is 0 Å². The van der Waals surface area contributed by atoms with Gasteiger partial charge in [-0.2, -0.15) is 0 Å². The van der Waals surface area contributed by atoms with Gasteiger partial charge in [0.05, 0.1) is 6.04 Å². The average Bonchev–Trinajstić information content (AvgIpc) is 2.73. The molecule has 1 atom stereocenters. The molecule has 1 unspecified atom stereocenters. The molecular formula is C16H13NO3. The Hall–Kier alpha value is -2.62. The van der Waals surface area contributed by atoms with Crippen molar-refractivity contribution in [2.24, 2.45) is 0 Å². The standard InChI is InChI=1S/C16H13NO3/c18-14(19)10-17-15(11-6-2-1-3-7-11)12-8-4-5-9-13(12)16(17)20/h1-9,15H,10H2,(H,18,19). The van der Waals surface area contributed by atoms with Crippen molar-refractivity contribution in [1.29, 1.82) is 0 Å². The molecule has 3 rings (SSSR count). The van der Waals surface area contributed by atoms with Gasteiger partial charge in [0.25, 0.3) is 5.91 Å². The molecule has 1 heterocycles. The Kier molecular flexibility index (Phi) is 2.99. The number of hydrogen-bond acceptors (Lipinski definition) is 2. The zero-order valence-corrected chi connectivity index (χ0v) is 10.7. The Morgan fingerprint density at radius 2 is 1.70 bits per heavy atom. The lowest BCUT2D eigenvalue weighted by molar-refractivity contribution is -0.138. The summed E-state index contributed by atoms with van der Waals surface area (Å²) in [4.78, 5) is 24.8. The number of carboxylic acid groups (broad SMARTS) is 1. The van der Waals surface area contributed by atoms with Crippen LogP contribution in [0.4, 0.5) is 0 Å².